The molecule has 3 rings (SSSR count). The highest BCUT2D eigenvalue weighted by atomic mass is 35.5. The van der Waals surface area contributed by atoms with Crippen LogP contribution in [0, 0.1) is 5.92 Å². The molecular formula is C19H28ClN3O3. The van der Waals surface area contributed by atoms with Gasteiger partial charge in [-0.2, -0.15) is 0 Å². The average Bonchev–Trinajstić information content (AvgIpc) is 2.63. The molecule has 6 nitrogen and oxygen atoms in total. The van der Waals surface area contributed by atoms with Crippen molar-refractivity contribution in [1.29, 1.82) is 0 Å². The van der Waals surface area contributed by atoms with E-state index in [0.29, 0.717) is 24.0 Å². The van der Waals surface area contributed by atoms with E-state index >= 15 is 0 Å². The average molecular weight is 382 g/mol. The molecule has 0 radical (unpaired) electrons. The molecule has 2 heterocycles. The van der Waals surface area contributed by atoms with Gasteiger partial charge in [-0.15, -0.1) is 0 Å². The van der Waals surface area contributed by atoms with Crippen LogP contribution in [-0.2, 0) is 0 Å². The summed E-state index contributed by atoms with van der Waals surface area (Å²) >= 11 is 6.17. The summed E-state index contributed by atoms with van der Waals surface area (Å²) in [5.74, 6) is 0.384. The third-order valence-corrected chi connectivity index (χ3v) is 5.92. The van der Waals surface area contributed by atoms with E-state index in [1.807, 2.05) is 6.92 Å². The van der Waals surface area contributed by atoms with Crippen LogP contribution in [0.15, 0.2) is 6.07 Å². The Morgan fingerprint density at radius 2 is 2.08 bits per heavy atom. The molecular weight excluding hydrogens is 354 g/mol. The largest absolute Gasteiger partial charge is 0.485 e. The molecule has 0 aromatic heterocycles. The fourth-order valence-corrected chi connectivity index (χ4v) is 4.07. The molecule has 0 bridgehead atoms. The lowest BCUT2D eigenvalue weighted by Gasteiger charge is -2.45. The standard InChI is InChI=1S/C19H28ClN3O3/c1-3-4-7-23-8-5-12(6-9-23)19(2)11-25-16-13(18(22)24)10-14(20)15(21)17(16)26-19/h10,12H,3-9,11,21H2,1-2H3,(H2,22,24). The highest BCUT2D eigenvalue weighted by Crippen LogP contribution is 2.48. The molecule has 0 aliphatic carbocycles. The second kappa shape index (κ2) is 7.53. The number of halogens is 1. The van der Waals surface area contributed by atoms with Gasteiger partial charge in [0.2, 0.25) is 0 Å². The number of piperidine rings is 1. The van der Waals surface area contributed by atoms with Gasteiger partial charge in [0.1, 0.15) is 12.2 Å². The summed E-state index contributed by atoms with van der Waals surface area (Å²) in [6.07, 6.45) is 4.54. The Labute approximate surface area is 159 Å². The number of primary amides is 1. The van der Waals surface area contributed by atoms with Gasteiger partial charge in [0.25, 0.3) is 5.91 Å². The quantitative estimate of drug-likeness (QED) is 0.765. The molecule has 7 heteroatoms. The fraction of sp³-hybridized carbons (Fsp3) is 0.632. The van der Waals surface area contributed by atoms with Gasteiger partial charge in [-0.1, -0.05) is 24.9 Å². The van der Waals surface area contributed by atoms with E-state index in [-0.39, 0.29) is 16.3 Å². The van der Waals surface area contributed by atoms with Crippen molar-refractivity contribution in [2.45, 2.75) is 45.1 Å². The first-order chi connectivity index (χ1) is 12.4. The molecule has 1 amide bonds. The first-order valence-corrected chi connectivity index (χ1v) is 9.69. The van der Waals surface area contributed by atoms with Crippen LogP contribution in [0.3, 0.4) is 0 Å². The molecule has 26 heavy (non-hydrogen) atoms. The number of nitrogens with zero attached hydrogens (tertiary/aromatic N) is 1. The summed E-state index contributed by atoms with van der Waals surface area (Å²) in [5.41, 5.74) is 11.5. The van der Waals surface area contributed by atoms with E-state index < -0.39 is 11.5 Å². The van der Waals surface area contributed by atoms with Gasteiger partial charge in [-0.25, -0.2) is 0 Å². The van der Waals surface area contributed by atoms with E-state index in [4.69, 9.17) is 32.5 Å². The van der Waals surface area contributed by atoms with Crippen LogP contribution in [0.4, 0.5) is 5.69 Å². The fourth-order valence-electron chi connectivity index (χ4n) is 3.88. The summed E-state index contributed by atoms with van der Waals surface area (Å²) in [5, 5.41) is 0.250. The molecule has 144 valence electrons. The molecule has 1 aromatic rings. The number of anilines is 1. The van der Waals surface area contributed by atoms with Crippen LogP contribution in [0.2, 0.25) is 5.02 Å². The molecule has 2 aliphatic heterocycles. The minimum Gasteiger partial charge on any atom is -0.485 e. The second-order valence-electron chi connectivity index (χ2n) is 7.51. The van der Waals surface area contributed by atoms with Crippen molar-refractivity contribution in [3.63, 3.8) is 0 Å². The number of unbranched alkanes of at least 4 members (excludes halogenated alkanes) is 1. The first-order valence-electron chi connectivity index (χ1n) is 9.31. The zero-order valence-corrected chi connectivity index (χ0v) is 16.3. The van der Waals surface area contributed by atoms with E-state index in [0.717, 1.165) is 32.5 Å². The lowest BCUT2D eigenvalue weighted by atomic mass is 9.81. The second-order valence-corrected chi connectivity index (χ2v) is 7.92. The number of amides is 1. The summed E-state index contributed by atoms with van der Waals surface area (Å²) in [6.45, 7) is 7.91. The van der Waals surface area contributed by atoms with Crippen LogP contribution in [0.25, 0.3) is 0 Å². The number of ether oxygens (including phenoxy) is 2. The third-order valence-electron chi connectivity index (χ3n) is 5.61. The number of hydrogen-bond donors (Lipinski definition) is 2. The highest BCUT2D eigenvalue weighted by molar-refractivity contribution is 6.34. The number of hydrogen-bond acceptors (Lipinski definition) is 5. The predicted octanol–water partition coefficient (Wildman–Crippen LogP) is 3.06. The lowest BCUT2D eigenvalue weighted by Crippen LogP contribution is -2.52. The Morgan fingerprint density at radius 1 is 1.38 bits per heavy atom. The summed E-state index contributed by atoms with van der Waals surface area (Å²) in [6, 6.07) is 1.44. The van der Waals surface area contributed by atoms with Crippen molar-refractivity contribution in [1.82, 2.24) is 4.90 Å². The van der Waals surface area contributed by atoms with Crippen molar-refractivity contribution in [3.8, 4) is 11.5 Å². The molecule has 2 aliphatic rings. The van der Waals surface area contributed by atoms with Gasteiger partial charge >= 0.3 is 0 Å². The molecule has 1 atom stereocenters. The molecule has 1 unspecified atom stereocenters. The maximum Gasteiger partial charge on any atom is 0.252 e. The predicted molar refractivity (Wildman–Crippen MR) is 103 cm³/mol. The van der Waals surface area contributed by atoms with Crippen molar-refractivity contribution in [2.75, 3.05) is 32.0 Å². The molecule has 1 aromatic carbocycles. The number of fused-ring (bicyclic) bond motifs is 1. The minimum atomic E-state index is -0.611. The van der Waals surface area contributed by atoms with Crippen molar-refractivity contribution in [2.24, 2.45) is 11.7 Å². The molecule has 0 saturated carbocycles. The number of benzene rings is 1. The van der Waals surface area contributed by atoms with Gasteiger partial charge in [0.05, 0.1) is 16.3 Å². The Hall–Kier alpha value is -1.66. The molecule has 4 N–H and O–H groups in total. The number of nitrogens with two attached hydrogens (primary N) is 2. The first kappa shape index (κ1) is 19.1. The summed E-state index contributed by atoms with van der Waals surface area (Å²) < 4.78 is 12.3. The Bertz CT molecular complexity index is 689. The number of likely N-dealkylation sites (tertiary alicyclic amines) is 1. The Balaban J connectivity index is 1.78. The topological polar surface area (TPSA) is 90.8 Å². The number of carbonyl (C=O) groups is 1. The van der Waals surface area contributed by atoms with Crippen LogP contribution in [0.5, 0.6) is 11.5 Å². The van der Waals surface area contributed by atoms with Crippen LogP contribution in [-0.4, -0.2) is 42.6 Å². The van der Waals surface area contributed by atoms with Gasteiger partial charge in [0.15, 0.2) is 11.5 Å². The van der Waals surface area contributed by atoms with E-state index in [1.54, 1.807) is 0 Å². The van der Waals surface area contributed by atoms with E-state index in [2.05, 4.69) is 11.8 Å². The normalized spacial score (nSPS) is 23.8. The van der Waals surface area contributed by atoms with Gasteiger partial charge in [-0.05, 0) is 51.9 Å². The maximum atomic E-state index is 11.7. The summed E-state index contributed by atoms with van der Waals surface area (Å²) in [4.78, 5) is 14.2. The van der Waals surface area contributed by atoms with Gasteiger partial charge < -0.3 is 25.8 Å². The van der Waals surface area contributed by atoms with Crippen LogP contribution in [0.1, 0.15) is 49.9 Å². The van der Waals surface area contributed by atoms with Gasteiger partial charge in [-0.3, -0.25) is 4.79 Å². The minimum absolute atomic E-state index is 0.204. The summed E-state index contributed by atoms with van der Waals surface area (Å²) in [7, 11) is 0. The molecule has 1 saturated heterocycles. The van der Waals surface area contributed by atoms with Crippen LogP contribution >= 0.6 is 11.6 Å². The van der Waals surface area contributed by atoms with E-state index in [1.165, 1.54) is 18.9 Å². The number of nitrogen functional groups attached to an aromatic ring is 1. The van der Waals surface area contributed by atoms with Crippen molar-refractivity contribution < 1.29 is 14.3 Å². The number of carbonyl (C=O) groups excluding carboxylic acids is 1. The number of rotatable bonds is 5. The van der Waals surface area contributed by atoms with Gasteiger partial charge in [0, 0.05) is 5.92 Å². The molecule has 1 fully saturated rings. The van der Waals surface area contributed by atoms with Crippen LogP contribution < -0.4 is 20.9 Å². The van der Waals surface area contributed by atoms with Crippen molar-refractivity contribution in [3.05, 3.63) is 16.7 Å². The third kappa shape index (κ3) is 3.58. The maximum absolute atomic E-state index is 11.7. The zero-order valence-electron chi connectivity index (χ0n) is 15.5. The van der Waals surface area contributed by atoms with Crippen molar-refractivity contribution >= 4 is 23.2 Å². The monoisotopic (exact) mass is 381 g/mol. The Kier molecular flexibility index (Phi) is 5.53. The highest BCUT2D eigenvalue weighted by Gasteiger charge is 2.44. The SMILES string of the molecule is CCCCN1CCC(C2(C)COc3c(C(N)=O)cc(Cl)c(N)c3O2)CC1. The Morgan fingerprint density at radius 3 is 2.69 bits per heavy atom. The smallest absolute Gasteiger partial charge is 0.252 e. The lowest BCUT2D eigenvalue weighted by molar-refractivity contribution is -0.0574. The van der Waals surface area contributed by atoms with E-state index in [9.17, 15) is 4.79 Å². The molecule has 0 spiro atoms. The zero-order chi connectivity index (χ0) is 18.9.